The van der Waals surface area contributed by atoms with Gasteiger partial charge in [-0.2, -0.15) is 0 Å². The van der Waals surface area contributed by atoms with E-state index in [1.54, 1.807) is 13.0 Å². The molecule has 2 nitrogen and oxygen atoms in total. The number of halogens is 1. The molecule has 1 aromatic heterocycles. The molecule has 0 saturated heterocycles. The highest BCUT2D eigenvalue weighted by Crippen LogP contribution is 2.01. The van der Waals surface area contributed by atoms with E-state index in [4.69, 9.17) is 0 Å². The van der Waals surface area contributed by atoms with Gasteiger partial charge < -0.3 is 0 Å². The van der Waals surface area contributed by atoms with E-state index in [2.05, 4.69) is 9.97 Å². The van der Waals surface area contributed by atoms with Crippen LogP contribution in [0.15, 0.2) is 12.3 Å². The molecule has 0 fully saturated rings. The molecule has 0 aliphatic rings. The summed E-state index contributed by atoms with van der Waals surface area (Å²) in [6, 6.07) is 0. The Kier molecular flexibility index (Phi) is 2.31. The second-order valence-corrected chi connectivity index (χ2v) is 2.16. The van der Waals surface area contributed by atoms with Crippen molar-refractivity contribution in [1.82, 2.24) is 9.97 Å². The average molecular weight is 152 g/mol. The fourth-order valence-corrected chi connectivity index (χ4v) is 0.700. The van der Waals surface area contributed by atoms with Crippen LogP contribution in [-0.2, 0) is 0 Å². The minimum Gasteiger partial charge on any atom is -0.234 e. The molecule has 0 aliphatic heterocycles. The molecule has 0 unspecified atom stereocenters. The summed E-state index contributed by atoms with van der Waals surface area (Å²) in [5.41, 5.74) is 0.383. The lowest BCUT2D eigenvalue weighted by Gasteiger charge is -1.94. The number of allylic oxidation sites excluding steroid dienone is 1. The summed E-state index contributed by atoms with van der Waals surface area (Å²) in [7, 11) is 0. The van der Waals surface area contributed by atoms with Gasteiger partial charge in [-0.1, -0.05) is 6.08 Å². The second-order valence-electron chi connectivity index (χ2n) is 2.16. The van der Waals surface area contributed by atoms with Crippen LogP contribution < -0.4 is 0 Å². The van der Waals surface area contributed by atoms with Crippen molar-refractivity contribution in [2.24, 2.45) is 0 Å². The maximum absolute atomic E-state index is 12.6. The largest absolute Gasteiger partial charge is 0.234 e. The first-order chi connectivity index (χ1) is 5.24. The van der Waals surface area contributed by atoms with Crippen molar-refractivity contribution in [3.05, 3.63) is 29.6 Å². The summed E-state index contributed by atoms with van der Waals surface area (Å²) in [6.45, 7) is 3.48. The fraction of sp³-hybridized carbons (Fsp3) is 0.250. The molecule has 58 valence electrons. The molecular weight excluding hydrogens is 143 g/mol. The lowest BCUT2D eigenvalue weighted by molar-refractivity contribution is 0.600. The molecule has 0 atom stereocenters. The van der Waals surface area contributed by atoms with Gasteiger partial charge in [0.2, 0.25) is 0 Å². The van der Waals surface area contributed by atoms with Crippen molar-refractivity contribution in [3.8, 4) is 0 Å². The van der Waals surface area contributed by atoms with E-state index in [-0.39, 0.29) is 5.82 Å². The zero-order valence-electron chi connectivity index (χ0n) is 6.50. The van der Waals surface area contributed by atoms with E-state index >= 15 is 0 Å². The lowest BCUT2D eigenvalue weighted by atomic mass is 10.4. The Balaban J connectivity index is 3.05. The molecule has 1 heterocycles. The summed E-state index contributed by atoms with van der Waals surface area (Å²) in [5.74, 6) is 0.185. The van der Waals surface area contributed by atoms with Gasteiger partial charge >= 0.3 is 0 Å². The average Bonchev–Trinajstić information content (AvgIpc) is 1.98. The third-order valence-corrected chi connectivity index (χ3v) is 1.25. The number of hydrogen-bond donors (Lipinski definition) is 0. The first-order valence-corrected chi connectivity index (χ1v) is 3.36. The predicted octanol–water partition coefficient (Wildman–Crippen LogP) is 1.96. The standard InChI is InChI=1S/C8H9FN2/c1-3-4-8-10-5-7(9)6(2)11-8/h3-5H,1-2H3/b4-3-. The number of rotatable bonds is 1. The van der Waals surface area contributed by atoms with Crippen LogP contribution in [0.3, 0.4) is 0 Å². The van der Waals surface area contributed by atoms with Gasteiger partial charge in [-0.3, -0.25) is 0 Å². The Morgan fingerprint density at radius 3 is 2.82 bits per heavy atom. The number of aromatic nitrogens is 2. The normalized spacial score (nSPS) is 10.8. The van der Waals surface area contributed by atoms with Crippen LogP contribution in [0.25, 0.3) is 6.08 Å². The Morgan fingerprint density at radius 1 is 1.55 bits per heavy atom. The van der Waals surface area contributed by atoms with Gasteiger partial charge in [0.05, 0.1) is 11.9 Å². The van der Waals surface area contributed by atoms with Gasteiger partial charge in [0.1, 0.15) is 0 Å². The first-order valence-electron chi connectivity index (χ1n) is 3.36. The van der Waals surface area contributed by atoms with Crippen molar-refractivity contribution < 1.29 is 4.39 Å². The summed E-state index contributed by atoms with van der Waals surface area (Å²) >= 11 is 0. The smallest absolute Gasteiger partial charge is 0.162 e. The van der Waals surface area contributed by atoms with Crippen molar-refractivity contribution in [2.75, 3.05) is 0 Å². The predicted molar refractivity (Wildman–Crippen MR) is 41.4 cm³/mol. The van der Waals surface area contributed by atoms with E-state index < -0.39 is 0 Å². The van der Waals surface area contributed by atoms with Crippen LogP contribution in [0.5, 0.6) is 0 Å². The molecular formula is C8H9FN2. The number of hydrogen-bond acceptors (Lipinski definition) is 2. The van der Waals surface area contributed by atoms with Crippen LogP contribution in [0.2, 0.25) is 0 Å². The van der Waals surface area contributed by atoms with E-state index in [1.807, 2.05) is 13.0 Å². The summed E-state index contributed by atoms with van der Waals surface area (Å²) in [6.07, 6.45) is 4.72. The third-order valence-electron chi connectivity index (χ3n) is 1.25. The molecule has 0 radical (unpaired) electrons. The van der Waals surface area contributed by atoms with Gasteiger partial charge in [0.25, 0.3) is 0 Å². The fourth-order valence-electron chi connectivity index (χ4n) is 0.700. The van der Waals surface area contributed by atoms with E-state index in [9.17, 15) is 4.39 Å². The highest BCUT2D eigenvalue weighted by atomic mass is 19.1. The van der Waals surface area contributed by atoms with Crippen LogP contribution in [0.1, 0.15) is 18.4 Å². The Morgan fingerprint density at radius 2 is 2.27 bits per heavy atom. The first kappa shape index (κ1) is 7.85. The number of aryl methyl sites for hydroxylation is 1. The molecule has 0 N–H and O–H groups in total. The highest BCUT2D eigenvalue weighted by Gasteiger charge is 1.97. The maximum Gasteiger partial charge on any atom is 0.162 e. The molecule has 1 aromatic rings. The number of nitrogens with zero attached hydrogens (tertiary/aromatic N) is 2. The minimum absolute atomic E-state index is 0.363. The van der Waals surface area contributed by atoms with E-state index in [1.165, 1.54) is 6.20 Å². The van der Waals surface area contributed by atoms with Crippen LogP contribution >= 0.6 is 0 Å². The zero-order chi connectivity index (χ0) is 8.27. The van der Waals surface area contributed by atoms with Crippen LogP contribution in [0.4, 0.5) is 4.39 Å². The van der Waals surface area contributed by atoms with Crippen molar-refractivity contribution in [3.63, 3.8) is 0 Å². The van der Waals surface area contributed by atoms with Crippen molar-refractivity contribution >= 4 is 6.08 Å². The Bertz CT molecular complexity index is 281. The molecule has 0 saturated carbocycles. The quantitative estimate of drug-likeness (QED) is 0.614. The molecule has 1 rings (SSSR count). The maximum atomic E-state index is 12.6. The Hall–Kier alpha value is -1.25. The molecule has 0 bridgehead atoms. The van der Waals surface area contributed by atoms with Crippen molar-refractivity contribution in [2.45, 2.75) is 13.8 Å². The summed E-state index contributed by atoms with van der Waals surface area (Å²) in [5, 5.41) is 0. The second kappa shape index (κ2) is 3.23. The van der Waals surface area contributed by atoms with Crippen LogP contribution in [0, 0.1) is 12.7 Å². The van der Waals surface area contributed by atoms with E-state index in [0.717, 1.165) is 0 Å². The highest BCUT2D eigenvalue weighted by molar-refractivity contribution is 5.38. The van der Waals surface area contributed by atoms with Gasteiger partial charge in [-0.15, -0.1) is 0 Å². The lowest BCUT2D eigenvalue weighted by Crippen LogP contribution is -1.93. The molecule has 11 heavy (non-hydrogen) atoms. The monoisotopic (exact) mass is 152 g/mol. The van der Waals surface area contributed by atoms with Gasteiger partial charge in [-0.05, 0) is 19.9 Å². The van der Waals surface area contributed by atoms with Gasteiger partial charge in [-0.25, -0.2) is 14.4 Å². The molecule has 0 aromatic carbocycles. The minimum atomic E-state index is -0.363. The molecule has 3 heteroatoms. The molecule has 0 spiro atoms. The van der Waals surface area contributed by atoms with E-state index in [0.29, 0.717) is 11.5 Å². The molecule has 0 amide bonds. The zero-order valence-corrected chi connectivity index (χ0v) is 6.50. The SMILES string of the molecule is C/C=C\c1ncc(F)c(C)n1. The van der Waals surface area contributed by atoms with Gasteiger partial charge in [0.15, 0.2) is 11.6 Å². The van der Waals surface area contributed by atoms with Crippen LogP contribution in [-0.4, -0.2) is 9.97 Å². The van der Waals surface area contributed by atoms with Gasteiger partial charge in [0, 0.05) is 0 Å². The topological polar surface area (TPSA) is 25.8 Å². The summed E-state index contributed by atoms with van der Waals surface area (Å²) < 4.78 is 12.6. The summed E-state index contributed by atoms with van der Waals surface area (Å²) in [4.78, 5) is 7.65. The third kappa shape index (κ3) is 1.83. The molecule has 0 aliphatic carbocycles. The Labute approximate surface area is 64.8 Å². The van der Waals surface area contributed by atoms with Crippen molar-refractivity contribution in [1.29, 1.82) is 0 Å².